The molecule has 1 N–H and O–H groups in total. The second kappa shape index (κ2) is 12.3. The molecule has 1 heterocycles. The molecule has 1 fully saturated rings. The van der Waals surface area contributed by atoms with Crippen molar-refractivity contribution in [2.24, 2.45) is 5.92 Å². The molecule has 0 unspecified atom stereocenters. The van der Waals surface area contributed by atoms with E-state index in [1.54, 1.807) is 30.4 Å². The van der Waals surface area contributed by atoms with Gasteiger partial charge in [-0.05, 0) is 75.0 Å². The maximum absolute atomic E-state index is 13.6. The number of benzene rings is 1. The third-order valence-corrected chi connectivity index (χ3v) is 5.36. The summed E-state index contributed by atoms with van der Waals surface area (Å²) in [6, 6.07) is 4.85. The molecule has 1 aliphatic rings. The smallest absolute Gasteiger partial charge is 0.251 e. The minimum Gasteiger partial charge on any atom is -0.352 e. The lowest BCUT2D eigenvalue weighted by molar-refractivity contribution is 0.0937. The zero-order valence-corrected chi connectivity index (χ0v) is 17.9. The second-order valence-electron chi connectivity index (χ2n) is 7.25. The molecule has 1 saturated heterocycles. The van der Waals surface area contributed by atoms with Crippen LogP contribution in [0, 0.1) is 5.92 Å². The molecule has 1 aromatic rings. The number of hydrogen-bond acceptors (Lipinski definition) is 2. The maximum atomic E-state index is 13.6. The predicted molar refractivity (Wildman–Crippen MR) is 116 cm³/mol. The monoisotopic (exact) mass is 426 g/mol. The van der Waals surface area contributed by atoms with Crippen LogP contribution in [-0.2, 0) is 0 Å². The lowest BCUT2D eigenvalue weighted by Gasteiger charge is -2.31. The molecule has 0 aromatic heterocycles. The van der Waals surface area contributed by atoms with E-state index < -0.39 is 0 Å². The van der Waals surface area contributed by atoms with Crippen molar-refractivity contribution in [3.05, 3.63) is 57.9 Å². The average Bonchev–Trinajstić information content (AvgIpc) is 2.66. The van der Waals surface area contributed by atoms with E-state index in [4.69, 9.17) is 23.2 Å². The summed E-state index contributed by atoms with van der Waals surface area (Å²) >= 11 is 11.9. The van der Waals surface area contributed by atoms with Crippen LogP contribution in [0.5, 0.6) is 0 Å². The Morgan fingerprint density at radius 2 is 1.93 bits per heavy atom. The van der Waals surface area contributed by atoms with Gasteiger partial charge < -0.3 is 5.32 Å². The van der Waals surface area contributed by atoms with Crippen molar-refractivity contribution in [3.63, 3.8) is 0 Å². The molecular formula is C22H29Cl2FN2O. The van der Waals surface area contributed by atoms with Crippen LogP contribution in [0.3, 0.4) is 0 Å². The molecule has 154 valence electrons. The van der Waals surface area contributed by atoms with Gasteiger partial charge in [0.15, 0.2) is 0 Å². The first-order valence-electron chi connectivity index (χ1n) is 9.96. The van der Waals surface area contributed by atoms with E-state index in [1.807, 2.05) is 6.08 Å². The Balaban J connectivity index is 1.68. The number of likely N-dealkylation sites (tertiary alicyclic amines) is 1. The summed E-state index contributed by atoms with van der Waals surface area (Å²) in [6.45, 7) is 5.41. The normalized spacial score (nSPS) is 16.6. The molecule has 28 heavy (non-hydrogen) atoms. The number of unbranched alkanes of at least 4 members (excludes halogenated alkanes) is 2. The first kappa shape index (κ1) is 22.9. The topological polar surface area (TPSA) is 32.3 Å². The summed E-state index contributed by atoms with van der Waals surface area (Å²) in [6.07, 6.45) is 10.0. The van der Waals surface area contributed by atoms with Gasteiger partial charge in [0.25, 0.3) is 5.91 Å². The summed E-state index contributed by atoms with van der Waals surface area (Å²) in [7, 11) is 0. The number of rotatable bonds is 9. The highest BCUT2D eigenvalue weighted by atomic mass is 35.5. The summed E-state index contributed by atoms with van der Waals surface area (Å²) in [5.74, 6) is 0.150. The van der Waals surface area contributed by atoms with Crippen molar-refractivity contribution in [2.75, 3.05) is 26.2 Å². The Bertz CT molecular complexity index is 678. The lowest BCUT2D eigenvalue weighted by atomic mass is 9.96. The van der Waals surface area contributed by atoms with Gasteiger partial charge in [0.1, 0.15) is 5.83 Å². The molecule has 0 spiro atoms. The number of allylic oxidation sites excluding steroid dienone is 3. The number of nitrogens with one attached hydrogen (secondary N) is 1. The van der Waals surface area contributed by atoms with Crippen molar-refractivity contribution in [1.82, 2.24) is 10.2 Å². The number of carbonyl (C=O) groups excluding carboxylic acids is 1. The fourth-order valence-electron chi connectivity index (χ4n) is 3.22. The highest BCUT2D eigenvalue weighted by Crippen LogP contribution is 2.20. The maximum Gasteiger partial charge on any atom is 0.251 e. The van der Waals surface area contributed by atoms with Crippen LogP contribution >= 0.6 is 23.2 Å². The van der Waals surface area contributed by atoms with Crippen LogP contribution < -0.4 is 5.32 Å². The van der Waals surface area contributed by atoms with Gasteiger partial charge in [-0.3, -0.25) is 9.69 Å². The van der Waals surface area contributed by atoms with Gasteiger partial charge in [0, 0.05) is 28.7 Å². The molecule has 0 atom stereocenters. The van der Waals surface area contributed by atoms with Crippen molar-refractivity contribution < 1.29 is 9.18 Å². The van der Waals surface area contributed by atoms with E-state index in [-0.39, 0.29) is 11.7 Å². The van der Waals surface area contributed by atoms with Crippen LogP contribution in [0.1, 0.15) is 49.4 Å². The Kier molecular flexibility index (Phi) is 10.0. The number of nitrogens with zero attached hydrogens (tertiary/aromatic N) is 1. The van der Waals surface area contributed by atoms with Crippen LogP contribution in [-0.4, -0.2) is 37.0 Å². The zero-order chi connectivity index (χ0) is 20.4. The van der Waals surface area contributed by atoms with Crippen molar-refractivity contribution in [1.29, 1.82) is 0 Å². The Morgan fingerprint density at radius 1 is 1.25 bits per heavy atom. The minimum atomic E-state index is -0.153. The van der Waals surface area contributed by atoms with Crippen molar-refractivity contribution in [3.8, 4) is 0 Å². The van der Waals surface area contributed by atoms with Crippen molar-refractivity contribution in [2.45, 2.75) is 39.0 Å². The first-order chi connectivity index (χ1) is 13.5. The van der Waals surface area contributed by atoms with E-state index >= 15 is 0 Å². The Labute approximate surface area is 177 Å². The number of hydrogen-bond donors (Lipinski definition) is 1. The van der Waals surface area contributed by atoms with Gasteiger partial charge in [-0.1, -0.05) is 42.6 Å². The molecule has 6 heteroatoms. The van der Waals surface area contributed by atoms with E-state index in [0.29, 0.717) is 28.1 Å². The second-order valence-corrected chi connectivity index (χ2v) is 8.12. The molecular weight excluding hydrogens is 398 g/mol. The standard InChI is InChI=1S/C22H29Cl2FN2O/c1-2-3-4-6-21(25)7-5-10-27-11-8-17(9-12-27)16-26-22(28)18-13-19(23)15-20(24)14-18/h5-7,13-15,17H,2-4,8-12,16H2,1H3,(H,26,28)/b7-5+,21-6-. The molecule has 1 amide bonds. The molecule has 1 aromatic carbocycles. The fraction of sp³-hybridized carbons (Fsp3) is 0.500. The third kappa shape index (κ3) is 8.34. The largest absolute Gasteiger partial charge is 0.352 e. The quantitative estimate of drug-likeness (QED) is 0.385. The first-order valence-corrected chi connectivity index (χ1v) is 10.7. The van der Waals surface area contributed by atoms with E-state index in [0.717, 1.165) is 51.7 Å². The van der Waals surface area contributed by atoms with Gasteiger partial charge in [-0.15, -0.1) is 0 Å². The highest BCUT2D eigenvalue weighted by Gasteiger charge is 2.19. The zero-order valence-electron chi connectivity index (χ0n) is 16.4. The third-order valence-electron chi connectivity index (χ3n) is 4.92. The van der Waals surface area contributed by atoms with E-state index in [9.17, 15) is 9.18 Å². The molecule has 0 radical (unpaired) electrons. The van der Waals surface area contributed by atoms with Crippen LogP contribution in [0.2, 0.25) is 10.0 Å². The number of halogens is 3. The van der Waals surface area contributed by atoms with Crippen LogP contribution in [0.25, 0.3) is 0 Å². The Hall–Kier alpha value is -1.36. The Morgan fingerprint density at radius 3 is 2.57 bits per heavy atom. The summed E-state index contributed by atoms with van der Waals surface area (Å²) in [4.78, 5) is 14.6. The summed E-state index contributed by atoms with van der Waals surface area (Å²) in [5, 5.41) is 3.88. The summed E-state index contributed by atoms with van der Waals surface area (Å²) in [5.41, 5.74) is 0.481. The number of amides is 1. The van der Waals surface area contributed by atoms with Gasteiger partial charge in [-0.25, -0.2) is 4.39 Å². The SMILES string of the molecule is CCCC/C=C(F)/C=C/CN1CCC(CNC(=O)c2cc(Cl)cc(Cl)c2)CC1. The van der Waals surface area contributed by atoms with Gasteiger partial charge in [0.2, 0.25) is 0 Å². The number of piperidine rings is 1. The molecule has 0 saturated carbocycles. The van der Waals surface area contributed by atoms with Crippen LogP contribution in [0.4, 0.5) is 4.39 Å². The summed E-state index contributed by atoms with van der Waals surface area (Å²) < 4.78 is 13.6. The number of carbonyl (C=O) groups is 1. The molecule has 2 rings (SSSR count). The molecule has 3 nitrogen and oxygen atoms in total. The van der Waals surface area contributed by atoms with E-state index in [1.165, 1.54) is 0 Å². The van der Waals surface area contributed by atoms with Gasteiger partial charge >= 0.3 is 0 Å². The minimum absolute atomic E-state index is 0.146. The van der Waals surface area contributed by atoms with Gasteiger partial charge in [-0.2, -0.15) is 0 Å². The van der Waals surface area contributed by atoms with Crippen LogP contribution in [0.15, 0.2) is 42.3 Å². The predicted octanol–water partition coefficient (Wildman–Crippen LogP) is 6.04. The van der Waals surface area contributed by atoms with Crippen molar-refractivity contribution >= 4 is 29.1 Å². The fourth-order valence-corrected chi connectivity index (χ4v) is 3.75. The van der Waals surface area contributed by atoms with Gasteiger partial charge in [0.05, 0.1) is 0 Å². The molecule has 0 bridgehead atoms. The molecule has 0 aliphatic carbocycles. The molecule has 1 aliphatic heterocycles. The lowest BCUT2D eigenvalue weighted by Crippen LogP contribution is -2.38. The van der Waals surface area contributed by atoms with E-state index in [2.05, 4.69) is 17.1 Å². The highest BCUT2D eigenvalue weighted by molar-refractivity contribution is 6.35. The average molecular weight is 427 g/mol.